The molecule has 5 heteroatoms. The predicted octanol–water partition coefficient (Wildman–Crippen LogP) is 4.61. The van der Waals surface area contributed by atoms with Crippen LogP contribution >= 0.6 is 11.3 Å². The van der Waals surface area contributed by atoms with Crippen LogP contribution in [-0.4, -0.2) is 21.3 Å². The van der Waals surface area contributed by atoms with Crippen LogP contribution in [0.2, 0.25) is 0 Å². The summed E-state index contributed by atoms with van der Waals surface area (Å²) in [6.45, 7) is 2.88. The van der Waals surface area contributed by atoms with E-state index in [1.54, 1.807) is 11.3 Å². The van der Waals surface area contributed by atoms with Crippen LogP contribution < -0.4 is 0 Å². The molecule has 3 aromatic heterocycles. The van der Waals surface area contributed by atoms with Gasteiger partial charge in [0, 0.05) is 24.5 Å². The minimum absolute atomic E-state index is 0.187. The van der Waals surface area contributed by atoms with Gasteiger partial charge >= 0.3 is 0 Å². The van der Waals surface area contributed by atoms with Crippen molar-refractivity contribution >= 4 is 27.1 Å². The molecule has 0 amide bonds. The van der Waals surface area contributed by atoms with E-state index in [0.29, 0.717) is 6.54 Å². The number of para-hydroxylation sites is 1. The maximum absolute atomic E-state index is 9.58. The number of aromatic nitrogens is 2. The second-order valence-electron chi connectivity index (χ2n) is 6.25. The molecule has 0 fully saturated rings. The van der Waals surface area contributed by atoms with Crippen LogP contribution in [-0.2, 0) is 6.54 Å². The van der Waals surface area contributed by atoms with Crippen molar-refractivity contribution < 1.29 is 0 Å². The van der Waals surface area contributed by atoms with Gasteiger partial charge in [-0.15, -0.1) is 11.3 Å². The summed E-state index contributed by atoms with van der Waals surface area (Å²) >= 11 is 1.74. The zero-order valence-corrected chi connectivity index (χ0v) is 15.0. The van der Waals surface area contributed by atoms with Gasteiger partial charge in [0.1, 0.15) is 11.1 Å². The highest BCUT2D eigenvalue weighted by Gasteiger charge is 2.19. The first-order chi connectivity index (χ1) is 12.2. The van der Waals surface area contributed by atoms with Gasteiger partial charge in [0.25, 0.3) is 0 Å². The van der Waals surface area contributed by atoms with Crippen molar-refractivity contribution in [2.45, 2.75) is 19.5 Å². The van der Waals surface area contributed by atoms with E-state index in [-0.39, 0.29) is 6.04 Å². The van der Waals surface area contributed by atoms with Gasteiger partial charge in [-0.1, -0.05) is 18.2 Å². The quantitative estimate of drug-likeness (QED) is 0.542. The fourth-order valence-electron chi connectivity index (χ4n) is 3.09. The summed E-state index contributed by atoms with van der Waals surface area (Å²) < 4.78 is 3.23. The summed E-state index contributed by atoms with van der Waals surface area (Å²) in [6, 6.07) is 16.7. The number of fused-ring (bicyclic) bond motifs is 2. The Labute approximate surface area is 150 Å². The van der Waals surface area contributed by atoms with E-state index in [1.165, 1.54) is 4.70 Å². The highest BCUT2D eigenvalue weighted by molar-refractivity contribution is 7.18. The van der Waals surface area contributed by atoms with E-state index in [4.69, 9.17) is 4.98 Å². The first kappa shape index (κ1) is 15.8. The molecule has 3 heterocycles. The summed E-state index contributed by atoms with van der Waals surface area (Å²) in [7, 11) is 2.08. The van der Waals surface area contributed by atoms with E-state index < -0.39 is 0 Å². The molecule has 0 saturated heterocycles. The monoisotopic (exact) mass is 346 g/mol. The van der Waals surface area contributed by atoms with Crippen LogP contribution in [0.4, 0.5) is 0 Å². The van der Waals surface area contributed by atoms with Gasteiger partial charge in [0.15, 0.2) is 0 Å². The molecule has 0 aliphatic heterocycles. The molecular formula is C20H18N4S. The average Bonchev–Trinajstić information content (AvgIpc) is 3.21. The number of hydrogen-bond acceptors (Lipinski definition) is 4. The zero-order chi connectivity index (χ0) is 17.4. The van der Waals surface area contributed by atoms with Crippen LogP contribution in [0, 0.1) is 11.3 Å². The molecule has 0 bridgehead atoms. The molecule has 0 aliphatic rings. The normalized spacial score (nSPS) is 12.7. The topological polar surface area (TPSA) is 44.3 Å². The van der Waals surface area contributed by atoms with Gasteiger partial charge in [-0.05, 0) is 38.2 Å². The van der Waals surface area contributed by atoms with Gasteiger partial charge in [0.2, 0.25) is 0 Å². The highest BCUT2D eigenvalue weighted by atomic mass is 32.1. The van der Waals surface area contributed by atoms with Crippen molar-refractivity contribution in [3.8, 4) is 6.07 Å². The summed E-state index contributed by atoms with van der Waals surface area (Å²) in [5.41, 5.74) is 3.81. The predicted molar refractivity (Wildman–Crippen MR) is 102 cm³/mol. The van der Waals surface area contributed by atoms with E-state index in [1.807, 2.05) is 40.9 Å². The SMILES string of the molecule is C[C@H](c1nc2ccccc2s1)N(C)Cc1cn2ccccc2c1C#N. The van der Waals surface area contributed by atoms with Crippen LogP contribution in [0.15, 0.2) is 54.9 Å². The molecule has 4 aromatic rings. The Morgan fingerprint density at radius 2 is 2.04 bits per heavy atom. The average molecular weight is 346 g/mol. The van der Waals surface area contributed by atoms with E-state index in [9.17, 15) is 5.26 Å². The summed E-state index contributed by atoms with van der Waals surface area (Å²) in [5, 5.41) is 10.7. The molecule has 1 atom stereocenters. The molecule has 4 nitrogen and oxygen atoms in total. The van der Waals surface area contributed by atoms with Crippen molar-refractivity contribution in [3.63, 3.8) is 0 Å². The summed E-state index contributed by atoms with van der Waals surface area (Å²) in [4.78, 5) is 7.01. The number of rotatable bonds is 4. The van der Waals surface area contributed by atoms with Crippen molar-refractivity contribution in [3.05, 3.63) is 71.0 Å². The standard InChI is InChI=1S/C20H18N4S/c1-14(20-22-17-7-3-4-9-19(17)25-20)23(2)12-15-13-24-10-6-5-8-18(24)16(15)11-21/h3-10,13-14H,12H2,1-2H3/t14-/m1/s1. The molecule has 0 aliphatic carbocycles. The molecule has 25 heavy (non-hydrogen) atoms. The van der Waals surface area contributed by atoms with Gasteiger partial charge in [0.05, 0.1) is 27.3 Å². The molecule has 1 aromatic carbocycles. The lowest BCUT2D eigenvalue weighted by Gasteiger charge is -2.22. The molecule has 0 unspecified atom stereocenters. The summed E-state index contributed by atoms with van der Waals surface area (Å²) in [5.74, 6) is 0. The highest BCUT2D eigenvalue weighted by Crippen LogP contribution is 2.30. The summed E-state index contributed by atoms with van der Waals surface area (Å²) in [6.07, 6.45) is 4.03. The second kappa shape index (κ2) is 6.32. The number of nitriles is 1. The molecule has 4 rings (SSSR count). The third kappa shape index (κ3) is 2.80. The number of benzene rings is 1. The Morgan fingerprint density at radius 3 is 2.84 bits per heavy atom. The number of thiazole rings is 1. The minimum Gasteiger partial charge on any atom is -0.322 e. The third-order valence-corrected chi connectivity index (χ3v) is 5.83. The largest absolute Gasteiger partial charge is 0.322 e. The van der Waals surface area contributed by atoms with Crippen LogP contribution in [0.25, 0.3) is 15.7 Å². The van der Waals surface area contributed by atoms with Gasteiger partial charge in [-0.2, -0.15) is 5.26 Å². The van der Waals surface area contributed by atoms with Crippen LogP contribution in [0.3, 0.4) is 0 Å². The lowest BCUT2D eigenvalue weighted by atomic mass is 10.1. The Balaban J connectivity index is 1.63. The van der Waals surface area contributed by atoms with Crippen molar-refractivity contribution in [1.82, 2.24) is 14.3 Å². The third-order valence-electron chi connectivity index (χ3n) is 4.62. The fraction of sp³-hybridized carbons (Fsp3) is 0.200. The molecule has 0 spiro atoms. The Hall–Kier alpha value is -2.68. The van der Waals surface area contributed by atoms with E-state index in [2.05, 4.69) is 43.3 Å². The fourth-order valence-corrected chi connectivity index (χ4v) is 4.17. The Kier molecular flexibility index (Phi) is 4.00. The smallest absolute Gasteiger partial charge is 0.111 e. The Bertz CT molecular complexity index is 1050. The van der Waals surface area contributed by atoms with Crippen LogP contribution in [0.1, 0.15) is 29.1 Å². The van der Waals surface area contributed by atoms with Crippen molar-refractivity contribution in [1.29, 1.82) is 5.26 Å². The van der Waals surface area contributed by atoms with Gasteiger partial charge in [-0.25, -0.2) is 4.98 Å². The second-order valence-corrected chi connectivity index (χ2v) is 7.31. The molecule has 0 radical (unpaired) electrons. The van der Waals surface area contributed by atoms with Crippen molar-refractivity contribution in [2.75, 3.05) is 7.05 Å². The first-order valence-electron chi connectivity index (χ1n) is 8.21. The minimum atomic E-state index is 0.187. The maximum Gasteiger partial charge on any atom is 0.111 e. The molecule has 0 N–H and O–H groups in total. The number of nitrogens with zero attached hydrogens (tertiary/aromatic N) is 4. The molecular weight excluding hydrogens is 328 g/mol. The number of pyridine rings is 1. The first-order valence-corrected chi connectivity index (χ1v) is 9.03. The number of hydrogen-bond donors (Lipinski definition) is 0. The van der Waals surface area contributed by atoms with E-state index >= 15 is 0 Å². The molecule has 124 valence electrons. The Morgan fingerprint density at radius 1 is 1.24 bits per heavy atom. The maximum atomic E-state index is 9.58. The molecule has 0 saturated carbocycles. The lowest BCUT2D eigenvalue weighted by Crippen LogP contribution is -2.22. The van der Waals surface area contributed by atoms with E-state index in [0.717, 1.165) is 27.2 Å². The zero-order valence-electron chi connectivity index (χ0n) is 14.2. The lowest BCUT2D eigenvalue weighted by molar-refractivity contribution is 0.252. The van der Waals surface area contributed by atoms with Crippen molar-refractivity contribution in [2.24, 2.45) is 0 Å². The van der Waals surface area contributed by atoms with Crippen LogP contribution in [0.5, 0.6) is 0 Å². The van der Waals surface area contributed by atoms with Gasteiger partial charge in [-0.3, -0.25) is 4.90 Å². The van der Waals surface area contributed by atoms with Gasteiger partial charge < -0.3 is 4.40 Å².